The van der Waals surface area contributed by atoms with Gasteiger partial charge in [0, 0.05) is 0 Å². The van der Waals surface area contributed by atoms with Crippen molar-refractivity contribution in [1.29, 1.82) is 0 Å². The van der Waals surface area contributed by atoms with Crippen molar-refractivity contribution in [3.8, 4) is 11.5 Å². The monoisotopic (exact) mass is 496 g/mol. The van der Waals surface area contributed by atoms with Crippen LogP contribution in [0.1, 0.15) is 55.4 Å². The molecule has 0 radical (unpaired) electrons. The van der Waals surface area contributed by atoms with Crippen LogP contribution in [0.2, 0.25) is 0 Å². The standard InChI is InChI=1S/C27H26F6O2/c1-3-5-7-19-10-17-23(25(29)24(19)28)27(32,33)35-22-15-11-20(12-16-22)26(30,31)34-21-13-8-18(6-4-2)9-14-21/h8-17H,3-7H2,1-2H3. The van der Waals surface area contributed by atoms with Gasteiger partial charge in [-0.2, -0.15) is 17.6 Å². The zero-order chi connectivity index (χ0) is 25.6. The van der Waals surface area contributed by atoms with E-state index in [-0.39, 0.29) is 17.7 Å². The van der Waals surface area contributed by atoms with Crippen LogP contribution in [-0.4, -0.2) is 0 Å². The summed E-state index contributed by atoms with van der Waals surface area (Å²) in [4.78, 5) is 0. The average molecular weight is 496 g/mol. The summed E-state index contributed by atoms with van der Waals surface area (Å²) in [7, 11) is 0. The number of alkyl halides is 4. The SMILES string of the molecule is CCCCc1ccc(C(F)(F)Oc2ccc(C(F)(F)Oc3ccc(CCC)cc3)cc2)c(F)c1F. The summed E-state index contributed by atoms with van der Waals surface area (Å²) in [5, 5.41) is 0. The predicted molar refractivity (Wildman–Crippen MR) is 121 cm³/mol. The predicted octanol–water partition coefficient (Wildman–Crippen LogP) is 8.52. The minimum atomic E-state index is -4.23. The first-order valence-electron chi connectivity index (χ1n) is 11.4. The lowest BCUT2D eigenvalue weighted by molar-refractivity contribution is -0.188. The van der Waals surface area contributed by atoms with Gasteiger partial charge in [0.1, 0.15) is 17.1 Å². The van der Waals surface area contributed by atoms with Crippen LogP contribution < -0.4 is 9.47 Å². The van der Waals surface area contributed by atoms with E-state index in [2.05, 4.69) is 4.74 Å². The van der Waals surface area contributed by atoms with Crippen molar-refractivity contribution < 1.29 is 35.8 Å². The van der Waals surface area contributed by atoms with Crippen molar-refractivity contribution >= 4 is 0 Å². The van der Waals surface area contributed by atoms with Gasteiger partial charge in [0.05, 0.1) is 5.56 Å². The van der Waals surface area contributed by atoms with E-state index in [9.17, 15) is 26.3 Å². The summed E-state index contributed by atoms with van der Waals surface area (Å²) in [6, 6.07) is 11.6. The zero-order valence-corrected chi connectivity index (χ0v) is 19.4. The third-order valence-corrected chi connectivity index (χ3v) is 5.42. The molecule has 0 fully saturated rings. The van der Waals surface area contributed by atoms with Crippen LogP contribution in [0.15, 0.2) is 60.7 Å². The highest BCUT2D eigenvalue weighted by molar-refractivity contribution is 5.34. The van der Waals surface area contributed by atoms with E-state index in [4.69, 9.17) is 4.74 Å². The molecule has 2 nitrogen and oxygen atoms in total. The Morgan fingerprint density at radius 2 is 1.20 bits per heavy atom. The smallest absolute Gasteiger partial charge is 0.429 e. The van der Waals surface area contributed by atoms with Gasteiger partial charge in [-0.25, -0.2) is 8.78 Å². The lowest BCUT2D eigenvalue weighted by Gasteiger charge is -2.21. The van der Waals surface area contributed by atoms with Crippen LogP contribution in [0.25, 0.3) is 0 Å². The van der Waals surface area contributed by atoms with Crippen molar-refractivity contribution in [3.05, 3.63) is 94.6 Å². The molecule has 0 aliphatic carbocycles. The molecule has 0 saturated carbocycles. The number of ether oxygens (including phenoxy) is 2. The molecule has 3 aromatic rings. The number of hydrogen-bond acceptors (Lipinski definition) is 2. The molecule has 0 unspecified atom stereocenters. The van der Waals surface area contributed by atoms with Gasteiger partial charge in [-0.05, 0) is 72.9 Å². The molecule has 0 aliphatic heterocycles. The van der Waals surface area contributed by atoms with Gasteiger partial charge in [0.2, 0.25) is 0 Å². The summed E-state index contributed by atoms with van der Waals surface area (Å²) in [6.45, 7) is 3.86. The topological polar surface area (TPSA) is 18.5 Å². The lowest BCUT2D eigenvalue weighted by Crippen LogP contribution is -2.25. The first kappa shape index (κ1) is 26.4. The number of halogens is 6. The summed E-state index contributed by atoms with van der Waals surface area (Å²) in [5.74, 6) is -3.62. The summed E-state index contributed by atoms with van der Waals surface area (Å²) >= 11 is 0. The van der Waals surface area contributed by atoms with Gasteiger partial charge in [0.15, 0.2) is 11.6 Å². The Balaban J connectivity index is 1.72. The van der Waals surface area contributed by atoms with Crippen molar-refractivity contribution in [3.63, 3.8) is 0 Å². The van der Waals surface area contributed by atoms with E-state index in [1.165, 1.54) is 12.1 Å². The minimum Gasteiger partial charge on any atom is -0.429 e. The molecule has 8 heteroatoms. The third kappa shape index (κ3) is 6.50. The van der Waals surface area contributed by atoms with Crippen molar-refractivity contribution in [2.24, 2.45) is 0 Å². The fraction of sp³-hybridized carbons (Fsp3) is 0.333. The summed E-state index contributed by atoms with van der Waals surface area (Å²) < 4.78 is 96.1. The Kier molecular flexibility index (Phi) is 8.35. The Labute approximate surface area is 200 Å². The lowest BCUT2D eigenvalue weighted by atomic mass is 10.0. The first-order chi connectivity index (χ1) is 16.6. The molecule has 0 N–H and O–H groups in total. The van der Waals surface area contributed by atoms with E-state index < -0.39 is 40.7 Å². The maximum absolute atomic E-state index is 14.6. The molecular weight excluding hydrogens is 470 g/mol. The maximum Gasteiger partial charge on any atom is 0.429 e. The number of hydrogen-bond donors (Lipinski definition) is 0. The van der Waals surface area contributed by atoms with Gasteiger partial charge in [-0.1, -0.05) is 44.9 Å². The van der Waals surface area contributed by atoms with E-state index in [0.717, 1.165) is 61.2 Å². The maximum atomic E-state index is 14.6. The third-order valence-electron chi connectivity index (χ3n) is 5.42. The summed E-state index contributed by atoms with van der Waals surface area (Å²) in [5.41, 5.74) is -0.893. The molecule has 0 atom stereocenters. The largest absolute Gasteiger partial charge is 0.429 e. The second kappa shape index (κ2) is 11.1. The molecule has 0 aromatic heterocycles. The number of unbranched alkanes of at least 4 members (excludes halogenated alkanes) is 1. The van der Waals surface area contributed by atoms with Crippen molar-refractivity contribution in [2.75, 3.05) is 0 Å². The quantitative estimate of drug-likeness (QED) is 0.248. The molecule has 3 rings (SSSR count). The van der Waals surface area contributed by atoms with Crippen LogP contribution in [0.4, 0.5) is 26.3 Å². The Morgan fingerprint density at radius 1 is 0.629 bits per heavy atom. The van der Waals surface area contributed by atoms with Gasteiger partial charge in [-0.3, -0.25) is 0 Å². The first-order valence-corrected chi connectivity index (χ1v) is 11.4. The van der Waals surface area contributed by atoms with Gasteiger partial charge < -0.3 is 9.47 Å². The molecule has 0 aliphatic rings. The fourth-order valence-electron chi connectivity index (χ4n) is 3.51. The van der Waals surface area contributed by atoms with Crippen LogP contribution in [0, 0.1) is 11.6 Å². The van der Waals surface area contributed by atoms with Crippen molar-refractivity contribution in [1.82, 2.24) is 0 Å². The Hall–Kier alpha value is -3.16. The molecular formula is C27H26F6O2. The molecule has 0 spiro atoms. The molecule has 0 saturated heterocycles. The molecule has 0 heterocycles. The Morgan fingerprint density at radius 3 is 1.77 bits per heavy atom. The van der Waals surface area contributed by atoms with E-state index in [1.54, 1.807) is 12.1 Å². The fourth-order valence-corrected chi connectivity index (χ4v) is 3.51. The van der Waals surface area contributed by atoms with Gasteiger partial charge >= 0.3 is 12.2 Å². The van der Waals surface area contributed by atoms with Crippen LogP contribution in [-0.2, 0) is 25.1 Å². The highest BCUT2D eigenvalue weighted by Crippen LogP contribution is 2.37. The van der Waals surface area contributed by atoms with E-state index in [1.807, 2.05) is 13.8 Å². The molecule has 0 bridgehead atoms. The highest BCUT2D eigenvalue weighted by Gasteiger charge is 2.40. The molecule has 3 aromatic carbocycles. The van der Waals surface area contributed by atoms with Gasteiger partial charge in [-0.15, -0.1) is 0 Å². The van der Waals surface area contributed by atoms with Crippen LogP contribution >= 0.6 is 0 Å². The highest BCUT2D eigenvalue weighted by atomic mass is 19.3. The number of rotatable bonds is 11. The number of aryl methyl sites for hydroxylation is 2. The zero-order valence-electron chi connectivity index (χ0n) is 19.4. The van der Waals surface area contributed by atoms with Gasteiger partial charge in [0.25, 0.3) is 0 Å². The summed E-state index contributed by atoms with van der Waals surface area (Å²) in [6.07, 6.45) is -4.72. The second-order valence-corrected chi connectivity index (χ2v) is 8.16. The second-order valence-electron chi connectivity index (χ2n) is 8.16. The van der Waals surface area contributed by atoms with E-state index in [0.29, 0.717) is 6.42 Å². The van der Waals surface area contributed by atoms with E-state index >= 15 is 0 Å². The molecule has 35 heavy (non-hydrogen) atoms. The normalized spacial score (nSPS) is 12.0. The van der Waals surface area contributed by atoms with Crippen LogP contribution in [0.5, 0.6) is 11.5 Å². The molecule has 188 valence electrons. The average Bonchev–Trinajstić information content (AvgIpc) is 2.81. The van der Waals surface area contributed by atoms with Crippen molar-refractivity contribution in [2.45, 2.75) is 58.2 Å². The molecule has 0 amide bonds. The van der Waals surface area contributed by atoms with Crippen LogP contribution in [0.3, 0.4) is 0 Å². The minimum absolute atomic E-state index is 0.00418. The number of benzene rings is 3. The Bertz CT molecular complexity index is 1110.